The summed E-state index contributed by atoms with van der Waals surface area (Å²) in [5, 5.41) is 26.4. The van der Waals surface area contributed by atoms with Crippen LogP contribution in [0, 0.1) is 0 Å². The lowest BCUT2D eigenvalue weighted by Crippen LogP contribution is -2.33. The van der Waals surface area contributed by atoms with Crippen molar-refractivity contribution >= 4 is 45.2 Å². The number of likely N-dealkylation sites (N-methyl/N-ethyl adjacent to an activating group) is 4. The van der Waals surface area contributed by atoms with Gasteiger partial charge in [0.25, 0.3) is 0 Å². The first-order valence-electron chi connectivity index (χ1n) is 29.9. The number of aliphatic hydroxyl groups is 2. The predicted octanol–water partition coefficient (Wildman–Crippen LogP) is 7.48. The van der Waals surface area contributed by atoms with E-state index in [2.05, 4.69) is 46.6 Å². The third-order valence-electron chi connectivity index (χ3n) is 15.0. The molecule has 0 atom stereocenters. The fraction of sp³-hybridized carbons (Fsp3) is 0.515. The van der Waals surface area contributed by atoms with Crippen LogP contribution in [0.5, 0.6) is 23.0 Å². The molecule has 0 radical (unpaired) electrons. The number of hydrogen-bond acceptors (Lipinski definition) is 14. The van der Waals surface area contributed by atoms with Crippen LogP contribution in [-0.2, 0) is 28.5 Å². The zero-order valence-electron chi connectivity index (χ0n) is 50.1. The van der Waals surface area contributed by atoms with Crippen LogP contribution < -0.4 is 59.1 Å². The van der Waals surface area contributed by atoms with Crippen molar-refractivity contribution in [1.82, 2.24) is 9.15 Å². The summed E-state index contributed by atoms with van der Waals surface area (Å²) in [6.07, 6.45) is 8.60. The van der Waals surface area contributed by atoms with Crippen molar-refractivity contribution in [3.63, 3.8) is 0 Å². The Morgan fingerprint density at radius 2 is 0.805 bits per heavy atom. The highest BCUT2D eigenvalue weighted by Crippen LogP contribution is 2.43. The molecule has 22 rings (SSSR count). The van der Waals surface area contributed by atoms with E-state index in [9.17, 15) is 19.8 Å². The molecule has 16 nitrogen and oxygen atoms in total. The number of benzene rings is 4. The van der Waals surface area contributed by atoms with Gasteiger partial charge >= 0.3 is 0 Å². The Balaban J connectivity index is 1.12. The van der Waals surface area contributed by atoms with Crippen molar-refractivity contribution in [2.45, 2.75) is 91.9 Å². The number of Topliss-reactive ketones (excluding diaryl/α,β-unsaturated/α-hetero) is 2. The normalized spacial score (nSPS) is 19.5. The maximum atomic E-state index is 14.2. The Labute approximate surface area is 485 Å². The Morgan fingerprint density at radius 3 is 1.16 bits per heavy atom. The number of ether oxygens (including phenoxy) is 8. The van der Waals surface area contributed by atoms with E-state index in [0.717, 1.165) is 86.3 Å². The van der Waals surface area contributed by atoms with Crippen molar-refractivity contribution < 1.29 is 57.7 Å². The highest BCUT2D eigenvalue weighted by Gasteiger charge is 2.39. The summed E-state index contributed by atoms with van der Waals surface area (Å²) in [5.41, 5.74) is 3.83. The molecule has 0 amide bonds. The summed E-state index contributed by atoms with van der Waals surface area (Å²) in [6, 6.07) is 22.9. The monoisotopic (exact) mass is 1130 g/mol. The number of unbranched alkanes of at least 4 members (excludes halogenated alkanes) is 4. The standard InChI is InChI=1S/C66H88N4O12/c1-9-13-35-79-55-43-47-19-23-51(55)59-63(71)60(64(59)72)52-24-20-48(44-56(52)80-36-14-10-2)68(6)28-40-77-33-18-34-78-42-30-70(8)50-22-26-54(58(46-50)82-38-16-12-4)62-65(73)61(66(62)74)53-25-21-49(45-57(53)81-37-15-11-3)69(7)29-41-76-32-17-31-75-39-27-67(47)5/h19-26,43-46H,9-18,27-42H2,1-8H3/p+2. The number of allylic oxidation sites excluding steroid dienone is 4. The Hall–Kier alpha value is -6.72. The summed E-state index contributed by atoms with van der Waals surface area (Å²) >= 11 is 0. The van der Waals surface area contributed by atoms with E-state index < -0.39 is 0 Å². The Bertz CT molecular complexity index is 2940. The molecule has 18 aliphatic rings. The van der Waals surface area contributed by atoms with Crippen LogP contribution in [-0.4, -0.2) is 155 Å². The average molecular weight is 1130 g/mol. The lowest BCUT2D eigenvalue weighted by Gasteiger charge is -2.26. The first-order chi connectivity index (χ1) is 39.9. The Morgan fingerprint density at radius 1 is 0.451 bits per heavy atom. The van der Waals surface area contributed by atoms with Crippen LogP contribution in [0.15, 0.2) is 84.3 Å². The second-order valence-electron chi connectivity index (χ2n) is 21.2. The van der Waals surface area contributed by atoms with Crippen molar-refractivity contribution in [1.29, 1.82) is 0 Å². The van der Waals surface area contributed by atoms with Gasteiger partial charge in [-0.25, -0.2) is 9.15 Å². The van der Waals surface area contributed by atoms with E-state index in [1.54, 1.807) is 0 Å². The van der Waals surface area contributed by atoms with E-state index in [1.165, 1.54) is 0 Å². The number of aliphatic hydroxyl groups excluding tert-OH is 2. The van der Waals surface area contributed by atoms with Crippen LogP contribution >= 0.6 is 0 Å². The van der Waals surface area contributed by atoms with Crippen LogP contribution in [0.25, 0.3) is 22.3 Å². The molecule has 0 saturated carbocycles. The molecule has 444 valence electrons. The number of ketones is 2. The van der Waals surface area contributed by atoms with Gasteiger partial charge in [-0.2, -0.15) is 0 Å². The number of hydrogen-bond donors (Lipinski definition) is 2. The molecular formula is C66H90N4O12+2. The van der Waals surface area contributed by atoms with Gasteiger partial charge in [-0.05, 0) is 74.9 Å². The highest BCUT2D eigenvalue weighted by atomic mass is 16.5. The number of nitrogens with zero attached hydrogens (tertiary/aromatic N) is 4. The maximum Gasteiger partial charge on any atom is 0.203 e. The van der Waals surface area contributed by atoms with Gasteiger partial charge in [0.05, 0.1) is 74.1 Å². The SMILES string of the molecule is CCCCOc1cc2ccc1C1=C(O)/C(=c3\cc/c(cc3OCCCC)=[N+](/C)CCOCCCOCC/[N+](C)=c3\cc/c(c(OCCCC)c3)=C3/C(=O)C(=C3O)c3ccc(cc3OCCCC)N(C)CCOCCCOCCN2C)C1=O. The number of rotatable bonds is 16. The fourth-order valence-electron chi connectivity index (χ4n) is 9.66. The summed E-state index contributed by atoms with van der Waals surface area (Å²) in [4.78, 5) is 32.6. The minimum atomic E-state index is -0.260. The van der Waals surface area contributed by atoms with Crippen molar-refractivity contribution in [3.8, 4) is 23.0 Å². The van der Waals surface area contributed by atoms with Crippen LogP contribution in [0.4, 0.5) is 11.4 Å². The molecule has 0 aromatic heterocycles. The first kappa shape index (κ1) is 62.9. The minimum Gasteiger partial charge on any atom is -0.506 e. The van der Waals surface area contributed by atoms with Crippen LogP contribution in [0.3, 0.4) is 0 Å². The number of carbonyl (C=O) groups excluding carboxylic acids is 2. The van der Waals surface area contributed by atoms with Gasteiger partial charge in [0.1, 0.15) is 61.8 Å². The average Bonchev–Trinajstić information content (AvgIpc) is 3.33. The second-order valence-corrected chi connectivity index (χ2v) is 21.2. The van der Waals surface area contributed by atoms with Crippen molar-refractivity contribution in [2.24, 2.45) is 0 Å². The van der Waals surface area contributed by atoms with E-state index >= 15 is 0 Å². The number of carbonyl (C=O) groups is 2. The largest absolute Gasteiger partial charge is 0.506 e. The van der Waals surface area contributed by atoms with Gasteiger partial charge in [-0.15, -0.1) is 0 Å². The summed E-state index contributed by atoms with van der Waals surface area (Å²) < 4.78 is 53.6. The Kier molecular flexibility index (Phi) is 24.7. The predicted molar refractivity (Wildman–Crippen MR) is 325 cm³/mol. The number of anilines is 2. The van der Waals surface area contributed by atoms with Gasteiger partial charge in [0.2, 0.25) is 22.3 Å². The lowest BCUT2D eigenvalue weighted by molar-refractivity contribution is -0.110. The third-order valence-corrected chi connectivity index (χ3v) is 15.0. The lowest BCUT2D eigenvalue weighted by atomic mass is 9.81. The zero-order chi connectivity index (χ0) is 58.4. The van der Waals surface area contributed by atoms with Gasteiger partial charge < -0.3 is 57.9 Å². The molecule has 0 spiro atoms. The third kappa shape index (κ3) is 16.3. The molecule has 0 fully saturated rings. The van der Waals surface area contributed by atoms with E-state index in [-0.39, 0.29) is 45.4 Å². The molecular weight excluding hydrogens is 1040 g/mol. The molecule has 0 unspecified atom stereocenters. The molecule has 16 heterocycles. The summed E-state index contributed by atoms with van der Waals surface area (Å²) in [5.74, 6) is 1.49. The van der Waals surface area contributed by atoms with E-state index in [0.29, 0.717) is 150 Å². The maximum absolute atomic E-state index is 14.2. The van der Waals surface area contributed by atoms with E-state index in [4.69, 9.17) is 37.9 Å². The quantitative estimate of drug-likeness (QED) is 0.0840. The molecule has 16 heteroatoms. The molecule has 12 bridgehead atoms. The highest BCUT2D eigenvalue weighted by molar-refractivity contribution is 6.52. The van der Waals surface area contributed by atoms with Crippen LogP contribution in [0.2, 0.25) is 0 Å². The summed E-state index contributed by atoms with van der Waals surface area (Å²) in [6.45, 7) is 16.9. The molecule has 0 saturated heterocycles. The zero-order valence-corrected chi connectivity index (χ0v) is 50.1. The molecule has 4 aromatic rings. The van der Waals surface area contributed by atoms with Crippen molar-refractivity contribution in [2.75, 3.05) is 143 Å². The van der Waals surface area contributed by atoms with Gasteiger partial charge in [0, 0.05) is 111 Å². The van der Waals surface area contributed by atoms with Crippen LogP contribution in [0.1, 0.15) is 103 Å². The molecule has 4 aromatic carbocycles. The molecule has 2 N–H and O–H groups in total. The topological polar surface area (TPSA) is 161 Å². The van der Waals surface area contributed by atoms with Crippen molar-refractivity contribution in [3.05, 3.63) is 117 Å². The van der Waals surface area contributed by atoms with Gasteiger partial charge in [-0.1, -0.05) is 53.4 Å². The molecule has 16 aliphatic heterocycles. The summed E-state index contributed by atoms with van der Waals surface area (Å²) in [7, 11) is 7.97. The smallest absolute Gasteiger partial charge is 0.203 e. The fourth-order valence-corrected chi connectivity index (χ4v) is 9.66. The molecule has 82 heavy (non-hydrogen) atoms. The van der Waals surface area contributed by atoms with E-state index in [1.807, 2.05) is 101 Å². The van der Waals surface area contributed by atoms with Gasteiger partial charge in [0.15, 0.2) is 13.1 Å². The molecule has 2 aliphatic carbocycles. The van der Waals surface area contributed by atoms with Gasteiger partial charge in [-0.3, -0.25) is 9.59 Å². The second kappa shape index (κ2) is 32.2. The minimum absolute atomic E-state index is 0.0729. The first-order valence-corrected chi connectivity index (χ1v) is 29.9.